The first-order chi connectivity index (χ1) is 24.5. The maximum atomic E-state index is 13.3. The van der Waals surface area contributed by atoms with Crippen LogP contribution in [0.3, 0.4) is 0 Å². The first-order valence-electron chi connectivity index (χ1n) is 17.5. The Morgan fingerprint density at radius 2 is 1.19 bits per heavy atom. The van der Waals surface area contributed by atoms with E-state index in [1.807, 2.05) is 35.6 Å². The molecule has 0 fully saturated rings. The lowest BCUT2D eigenvalue weighted by Crippen LogP contribution is -2.37. The monoisotopic (exact) mass is 754 g/mol. The lowest BCUT2D eigenvalue weighted by atomic mass is 9.85. The van der Waals surface area contributed by atoms with E-state index in [-0.39, 0.29) is 36.7 Å². The van der Waals surface area contributed by atoms with Crippen LogP contribution in [0.15, 0.2) is 24.8 Å². The predicted octanol–water partition coefficient (Wildman–Crippen LogP) is 1.76. The largest absolute Gasteiger partial charge is 0.383 e. The minimum absolute atomic E-state index is 0.125. The molecule has 0 radical (unpaired) electrons. The van der Waals surface area contributed by atoms with Crippen LogP contribution in [0.4, 0.5) is 11.6 Å². The molecule has 2 aliphatic carbocycles. The Morgan fingerprint density at radius 1 is 0.692 bits per heavy atom. The molecule has 16 nitrogen and oxygen atoms in total. The van der Waals surface area contributed by atoms with E-state index in [1.165, 1.54) is 41.6 Å². The molecule has 0 aromatic carbocycles. The summed E-state index contributed by atoms with van der Waals surface area (Å²) < 4.78 is 56.8. The van der Waals surface area contributed by atoms with Gasteiger partial charge in [-0.15, -0.1) is 5.10 Å². The van der Waals surface area contributed by atoms with Gasteiger partial charge in [-0.05, 0) is 73.6 Å². The molecule has 2 atom stereocenters. The van der Waals surface area contributed by atoms with Gasteiger partial charge in [0, 0.05) is 63.1 Å². The minimum atomic E-state index is -3.34. The number of carbonyl (C=O) groups is 2. The van der Waals surface area contributed by atoms with Crippen molar-refractivity contribution in [2.24, 2.45) is 14.1 Å². The average molecular weight is 755 g/mol. The summed E-state index contributed by atoms with van der Waals surface area (Å²) in [7, 11) is -2.71. The van der Waals surface area contributed by atoms with Crippen LogP contribution in [-0.2, 0) is 72.9 Å². The van der Waals surface area contributed by atoms with Crippen molar-refractivity contribution in [3.05, 3.63) is 69.6 Å². The zero-order chi connectivity index (χ0) is 37.3. The lowest BCUT2D eigenvalue weighted by molar-refractivity contribution is 0.0841. The highest BCUT2D eigenvalue weighted by Crippen LogP contribution is 2.37. The van der Waals surface area contributed by atoms with E-state index in [0.29, 0.717) is 49.0 Å². The molecule has 0 bridgehead atoms. The molecule has 0 saturated heterocycles. The maximum Gasteiger partial charge on any atom is 0.256 e. The van der Waals surface area contributed by atoms with Gasteiger partial charge in [0.2, 0.25) is 20.0 Å². The standard InChI is InChI=1S/2C17H23N5O3S/c1-20-8-11-4-3-5-12(14(11)9-20)17(23)22-15-10-21(26(2,24)25)7-6-13(15)16(18)19-22;1-20-8-11-4-3-5-12(14(11)9-20)17(23)22-16(18)13-6-7-21(26(2,24)25)10-15(13)19-22/h8-9,12H,3-7,10H2,1-2H3,(H2,18,19);8-9,12H,3-7,10,18H2,1-2H3. The predicted molar refractivity (Wildman–Crippen MR) is 195 cm³/mol. The van der Waals surface area contributed by atoms with Gasteiger partial charge in [-0.3, -0.25) is 9.59 Å². The summed E-state index contributed by atoms with van der Waals surface area (Å²) in [5.41, 5.74) is 19.5. The van der Waals surface area contributed by atoms with Gasteiger partial charge < -0.3 is 20.6 Å². The molecule has 18 heteroatoms. The molecule has 52 heavy (non-hydrogen) atoms. The molecule has 6 heterocycles. The minimum Gasteiger partial charge on any atom is -0.383 e. The van der Waals surface area contributed by atoms with Gasteiger partial charge in [-0.2, -0.15) is 18.4 Å². The Bertz CT molecular complexity index is 2300. The fourth-order valence-electron chi connectivity index (χ4n) is 8.21. The van der Waals surface area contributed by atoms with E-state index in [9.17, 15) is 26.4 Å². The molecule has 0 amide bonds. The molecule has 0 saturated carbocycles. The fourth-order valence-corrected chi connectivity index (χ4v) is 9.77. The van der Waals surface area contributed by atoms with Crippen molar-refractivity contribution in [3.8, 4) is 0 Å². The molecule has 0 spiro atoms. The van der Waals surface area contributed by atoms with Crippen LogP contribution in [-0.4, -0.2) is 91.6 Å². The van der Waals surface area contributed by atoms with Crippen LogP contribution in [0.1, 0.15) is 91.9 Å². The number of anilines is 2. The van der Waals surface area contributed by atoms with Gasteiger partial charge >= 0.3 is 0 Å². The summed E-state index contributed by atoms with van der Waals surface area (Å²) in [5.74, 6) is -0.103. The van der Waals surface area contributed by atoms with E-state index in [0.717, 1.165) is 60.8 Å². The summed E-state index contributed by atoms with van der Waals surface area (Å²) in [6.45, 7) is 1.03. The highest BCUT2D eigenvalue weighted by Gasteiger charge is 2.36. The number of aryl methyl sites for hydroxylation is 4. The van der Waals surface area contributed by atoms with E-state index in [2.05, 4.69) is 22.6 Å². The summed E-state index contributed by atoms with van der Waals surface area (Å²) in [6.07, 6.45) is 16.8. The molecule has 280 valence electrons. The number of rotatable bonds is 4. The second-order valence-electron chi connectivity index (χ2n) is 14.5. The first kappa shape index (κ1) is 36.1. The van der Waals surface area contributed by atoms with Crippen molar-refractivity contribution in [3.63, 3.8) is 0 Å². The third-order valence-corrected chi connectivity index (χ3v) is 13.3. The van der Waals surface area contributed by atoms with Gasteiger partial charge in [0.1, 0.15) is 11.6 Å². The number of nitrogen functional groups attached to an aromatic ring is 2. The van der Waals surface area contributed by atoms with Crippen LogP contribution in [0.5, 0.6) is 0 Å². The number of fused-ring (bicyclic) bond motifs is 4. The number of nitrogens with zero attached hydrogens (tertiary/aromatic N) is 8. The highest BCUT2D eigenvalue weighted by atomic mass is 32.2. The zero-order valence-corrected chi connectivity index (χ0v) is 31.6. The van der Waals surface area contributed by atoms with Crippen LogP contribution >= 0.6 is 0 Å². The van der Waals surface area contributed by atoms with E-state index >= 15 is 0 Å². The van der Waals surface area contributed by atoms with Crippen LogP contribution in [0.25, 0.3) is 0 Å². The summed E-state index contributed by atoms with van der Waals surface area (Å²) in [6, 6.07) is 0. The quantitative estimate of drug-likeness (QED) is 0.309. The Labute approximate surface area is 303 Å². The molecule has 8 rings (SSSR count). The van der Waals surface area contributed by atoms with Gasteiger partial charge in [-0.1, -0.05) is 0 Å². The normalized spacial score (nSPS) is 20.6. The van der Waals surface area contributed by atoms with Crippen molar-refractivity contribution in [1.29, 1.82) is 0 Å². The molecule has 4 aliphatic rings. The van der Waals surface area contributed by atoms with Crippen molar-refractivity contribution in [2.75, 3.05) is 37.1 Å². The Kier molecular flexibility index (Phi) is 9.24. The summed E-state index contributed by atoms with van der Waals surface area (Å²) >= 11 is 0. The second kappa shape index (κ2) is 13.3. The number of hydrogen-bond acceptors (Lipinski definition) is 10. The van der Waals surface area contributed by atoms with Crippen LogP contribution < -0.4 is 11.5 Å². The van der Waals surface area contributed by atoms with Gasteiger partial charge in [0.05, 0.1) is 48.8 Å². The van der Waals surface area contributed by atoms with Crippen molar-refractivity contribution >= 4 is 43.5 Å². The zero-order valence-electron chi connectivity index (χ0n) is 29.9. The van der Waals surface area contributed by atoms with Crippen molar-refractivity contribution in [2.45, 2.75) is 76.3 Å². The second-order valence-corrected chi connectivity index (χ2v) is 18.5. The van der Waals surface area contributed by atoms with Crippen LogP contribution in [0.2, 0.25) is 0 Å². The lowest BCUT2D eigenvalue weighted by Gasteiger charge is -2.26. The first-order valence-corrected chi connectivity index (χ1v) is 21.2. The molecule has 4 N–H and O–H groups in total. The third-order valence-electron chi connectivity index (χ3n) is 10.8. The molecule has 2 unspecified atom stereocenters. The van der Waals surface area contributed by atoms with E-state index in [4.69, 9.17) is 11.5 Å². The summed E-state index contributed by atoms with van der Waals surface area (Å²) in [5, 5.41) is 8.68. The van der Waals surface area contributed by atoms with Crippen LogP contribution in [0, 0.1) is 0 Å². The van der Waals surface area contributed by atoms with Gasteiger partial charge in [0.15, 0.2) is 0 Å². The topological polar surface area (TPSA) is 206 Å². The third kappa shape index (κ3) is 6.60. The fraction of sp³-hybridized carbons (Fsp3) is 0.529. The maximum absolute atomic E-state index is 13.3. The number of carbonyl (C=O) groups excluding carboxylic acids is 2. The number of hydrogen-bond donors (Lipinski definition) is 2. The molecular formula is C34H46N10O6S2. The van der Waals surface area contributed by atoms with E-state index < -0.39 is 20.0 Å². The summed E-state index contributed by atoms with van der Waals surface area (Å²) in [4.78, 5) is 26.4. The number of aromatic nitrogens is 6. The average Bonchev–Trinajstić information content (AvgIpc) is 3.84. The molecule has 2 aliphatic heterocycles. The van der Waals surface area contributed by atoms with Gasteiger partial charge in [-0.25, -0.2) is 21.5 Å². The molecule has 4 aromatic rings. The number of nitrogens with two attached hydrogens (primary N) is 2. The van der Waals surface area contributed by atoms with E-state index in [1.54, 1.807) is 0 Å². The highest BCUT2D eigenvalue weighted by molar-refractivity contribution is 7.88. The Hall–Kier alpha value is -4.26. The smallest absolute Gasteiger partial charge is 0.256 e. The number of sulfonamides is 2. The van der Waals surface area contributed by atoms with Crippen molar-refractivity contribution in [1.82, 2.24) is 37.3 Å². The molecule has 4 aromatic heterocycles. The van der Waals surface area contributed by atoms with Gasteiger partial charge in [0.25, 0.3) is 11.8 Å². The molecular weight excluding hydrogens is 709 g/mol. The van der Waals surface area contributed by atoms with Crippen molar-refractivity contribution < 1.29 is 26.4 Å². The Morgan fingerprint density at radius 3 is 1.73 bits per heavy atom. The SMILES string of the molecule is Cn1cc2c(c1)C(C(=O)n1nc(N)c3c1CN(S(C)(=O)=O)CC3)CCC2.Cn1cc2c(c1)C(C(=O)n1nc3c(c1N)CCN(S(C)(=O)=O)C3)CCC2. The Balaban J connectivity index is 0.000000162.